The van der Waals surface area contributed by atoms with E-state index in [1.54, 1.807) is 0 Å². The molecule has 1 fully saturated rings. The fourth-order valence-electron chi connectivity index (χ4n) is 2.45. The average Bonchev–Trinajstić information content (AvgIpc) is 2.44. The van der Waals surface area contributed by atoms with E-state index in [-0.39, 0.29) is 11.1 Å². The standard InChI is InChI=1S/C14H30N2/c1-13(2,3)15-10-11-7-8-12(9-11)16-14(4,5)6/h11-12,15-16H,7-10H2,1-6H3/t11-,12+/m1/s1. The fraction of sp³-hybridized carbons (Fsp3) is 1.00. The van der Waals surface area contributed by atoms with E-state index in [0.717, 1.165) is 12.0 Å². The molecule has 0 aromatic heterocycles. The highest BCUT2D eigenvalue weighted by Gasteiger charge is 2.27. The van der Waals surface area contributed by atoms with Gasteiger partial charge in [0.25, 0.3) is 0 Å². The van der Waals surface area contributed by atoms with Gasteiger partial charge in [0, 0.05) is 17.1 Å². The Hall–Kier alpha value is -0.0800. The van der Waals surface area contributed by atoms with Crippen LogP contribution in [-0.4, -0.2) is 23.7 Å². The molecule has 0 aromatic rings. The normalized spacial score (nSPS) is 27.4. The summed E-state index contributed by atoms with van der Waals surface area (Å²) in [6, 6.07) is 0.728. The Balaban J connectivity index is 2.25. The third-order valence-corrected chi connectivity index (χ3v) is 3.10. The first kappa shape index (κ1) is 14.0. The van der Waals surface area contributed by atoms with E-state index in [2.05, 4.69) is 52.2 Å². The van der Waals surface area contributed by atoms with Crippen LogP contribution in [0.2, 0.25) is 0 Å². The molecular weight excluding hydrogens is 196 g/mol. The molecule has 0 aromatic carbocycles. The van der Waals surface area contributed by atoms with Crippen molar-refractivity contribution in [3.05, 3.63) is 0 Å². The van der Waals surface area contributed by atoms with E-state index in [1.807, 2.05) is 0 Å². The molecule has 96 valence electrons. The van der Waals surface area contributed by atoms with Crippen molar-refractivity contribution in [2.75, 3.05) is 6.54 Å². The van der Waals surface area contributed by atoms with Gasteiger partial charge in [-0.05, 0) is 73.3 Å². The zero-order valence-corrected chi connectivity index (χ0v) is 12.0. The molecule has 1 aliphatic carbocycles. The molecule has 2 heteroatoms. The molecule has 0 saturated heterocycles. The van der Waals surface area contributed by atoms with Gasteiger partial charge in [-0.3, -0.25) is 0 Å². The Morgan fingerprint density at radius 1 is 0.938 bits per heavy atom. The van der Waals surface area contributed by atoms with E-state index in [4.69, 9.17) is 0 Å². The quantitative estimate of drug-likeness (QED) is 0.773. The van der Waals surface area contributed by atoms with Crippen molar-refractivity contribution in [2.24, 2.45) is 5.92 Å². The van der Waals surface area contributed by atoms with E-state index in [1.165, 1.54) is 25.8 Å². The average molecular weight is 226 g/mol. The van der Waals surface area contributed by atoms with Crippen molar-refractivity contribution in [3.63, 3.8) is 0 Å². The number of hydrogen-bond acceptors (Lipinski definition) is 2. The smallest absolute Gasteiger partial charge is 0.00991 e. The lowest BCUT2D eigenvalue weighted by Gasteiger charge is -2.26. The Labute approximate surface area is 102 Å². The van der Waals surface area contributed by atoms with Gasteiger partial charge in [0.1, 0.15) is 0 Å². The minimum atomic E-state index is 0.259. The van der Waals surface area contributed by atoms with Crippen LogP contribution in [0, 0.1) is 5.92 Å². The Kier molecular flexibility index (Phi) is 4.42. The molecule has 0 unspecified atom stereocenters. The summed E-state index contributed by atoms with van der Waals surface area (Å²) in [6.45, 7) is 14.7. The molecule has 2 N–H and O–H groups in total. The van der Waals surface area contributed by atoms with Crippen LogP contribution >= 0.6 is 0 Å². The van der Waals surface area contributed by atoms with Gasteiger partial charge < -0.3 is 10.6 Å². The Morgan fingerprint density at radius 3 is 2.06 bits per heavy atom. The van der Waals surface area contributed by atoms with E-state index >= 15 is 0 Å². The molecule has 0 amide bonds. The summed E-state index contributed by atoms with van der Waals surface area (Å²) in [7, 11) is 0. The maximum Gasteiger partial charge on any atom is 0.00991 e. The largest absolute Gasteiger partial charge is 0.312 e. The Morgan fingerprint density at radius 2 is 1.56 bits per heavy atom. The zero-order valence-electron chi connectivity index (χ0n) is 12.0. The van der Waals surface area contributed by atoms with Crippen LogP contribution in [0.25, 0.3) is 0 Å². The minimum absolute atomic E-state index is 0.259. The molecule has 0 aliphatic heterocycles. The van der Waals surface area contributed by atoms with Gasteiger partial charge in [0.2, 0.25) is 0 Å². The van der Waals surface area contributed by atoms with Crippen LogP contribution in [0.5, 0.6) is 0 Å². The van der Waals surface area contributed by atoms with Gasteiger partial charge in [-0.1, -0.05) is 0 Å². The first-order chi connectivity index (χ1) is 7.16. The predicted molar refractivity (Wildman–Crippen MR) is 71.8 cm³/mol. The molecular formula is C14H30N2. The lowest BCUT2D eigenvalue weighted by atomic mass is 10.0. The topological polar surface area (TPSA) is 24.1 Å². The highest BCUT2D eigenvalue weighted by molar-refractivity contribution is 4.87. The van der Waals surface area contributed by atoms with Crippen molar-refractivity contribution in [2.45, 2.75) is 77.9 Å². The molecule has 2 nitrogen and oxygen atoms in total. The van der Waals surface area contributed by atoms with Gasteiger partial charge in [0.15, 0.2) is 0 Å². The monoisotopic (exact) mass is 226 g/mol. The number of hydrogen-bond donors (Lipinski definition) is 2. The Bertz CT molecular complexity index is 210. The summed E-state index contributed by atoms with van der Waals surface area (Å²) in [5, 5.41) is 7.34. The van der Waals surface area contributed by atoms with Crippen molar-refractivity contribution in [1.29, 1.82) is 0 Å². The second-order valence-corrected chi connectivity index (χ2v) is 7.40. The van der Waals surface area contributed by atoms with Crippen molar-refractivity contribution in [3.8, 4) is 0 Å². The molecule has 1 saturated carbocycles. The molecule has 16 heavy (non-hydrogen) atoms. The van der Waals surface area contributed by atoms with Crippen LogP contribution in [0.3, 0.4) is 0 Å². The summed E-state index contributed by atoms with van der Waals surface area (Å²) in [6.07, 6.45) is 4.05. The van der Waals surface area contributed by atoms with Gasteiger partial charge in [0.05, 0.1) is 0 Å². The third kappa shape index (κ3) is 5.86. The lowest BCUT2D eigenvalue weighted by Crippen LogP contribution is -2.43. The van der Waals surface area contributed by atoms with E-state index in [0.29, 0.717) is 0 Å². The summed E-state index contributed by atoms with van der Waals surface area (Å²) in [5.41, 5.74) is 0.520. The summed E-state index contributed by atoms with van der Waals surface area (Å²) < 4.78 is 0. The minimum Gasteiger partial charge on any atom is -0.312 e. The maximum absolute atomic E-state index is 3.72. The highest BCUT2D eigenvalue weighted by atomic mass is 15.0. The van der Waals surface area contributed by atoms with Crippen LogP contribution < -0.4 is 10.6 Å². The second kappa shape index (κ2) is 5.05. The van der Waals surface area contributed by atoms with E-state index < -0.39 is 0 Å². The first-order valence-electron chi connectivity index (χ1n) is 6.68. The van der Waals surface area contributed by atoms with Gasteiger partial charge >= 0.3 is 0 Å². The van der Waals surface area contributed by atoms with Crippen LogP contribution in [0.1, 0.15) is 60.8 Å². The van der Waals surface area contributed by atoms with Gasteiger partial charge in [-0.15, -0.1) is 0 Å². The van der Waals surface area contributed by atoms with Gasteiger partial charge in [-0.25, -0.2) is 0 Å². The van der Waals surface area contributed by atoms with Crippen LogP contribution in [-0.2, 0) is 0 Å². The number of nitrogens with one attached hydrogen (secondary N) is 2. The fourth-order valence-corrected chi connectivity index (χ4v) is 2.45. The van der Waals surface area contributed by atoms with Crippen molar-refractivity contribution >= 4 is 0 Å². The first-order valence-corrected chi connectivity index (χ1v) is 6.68. The van der Waals surface area contributed by atoms with Crippen LogP contribution in [0.4, 0.5) is 0 Å². The molecule has 2 atom stereocenters. The van der Waals surface area contributed by atoms with Crippen LogP contribution in [0.15, 0.2) is 0 Å². The molecule has 1 aliphatic rings. The zero-order chi connectivity index (χ0) is 12.4. The summed E-state index contributed by atoms with van der Waals surface area (Å²) in [4.78, 5) is 0. The van der Waals surface area contributed by atoms with E-state index in [9.17, 15) is 0 Å². The van der Waals surface area contributed by atoms with Crippen molar-refractivity contribution in [1.82, 2.24) is 10.6 Å². The molecule has 0 bridgehead atoms. The predicted octanol–water partition coefficient (Wildman–Crippen LogP) is 2.93. The van der Waals surface area contributed by atoms with Crippen molar-refractivity contribution < 1.29 is 0 Å². The molecule has 1 rings (SSSR count). The third-order valence-electron chi connectivity index (χ3n) is 3.10. The SMILES string of the molecule is CC(C)(C)NC[C@@H]1CC[C@H](NC(C)(C)C)C1. The molecule has 0 heterocycles. The summed E-state index contributed by atoms with van der Waals surface area (Å²) in [5.74, 6) is 0.860. The lowest BCUT2D eigenvalue weighted by molar-refractivity contribution is 0.339. The van der Waals surface area contributed by atoms with Gasteiger partial charge in [-0.2, -0.15) is 0 Å². The highest BCUT2D eigenvalue weighted by Crippen LogP contribution is 2.26. The maximum atomic E-state index is 3.72. The molecule has 0 spiro atoms. The second-order valence-electron chi connectivity index (χ2n) is 7.40. The number of rotatable bonds is 3. The summed E-state index contributed by atoms with van der Waals surface area (Å²) >= 11 is 0. The molecule has 0 radical (unpaired) electrons.